The van der Waals surface area contributed by atoms with Crippen LogP contribution in [0, 0.1) is 0 Å². The van der Waals surface area contributed by atoms with Crippen molar-refractivity contribution in [1.29, 1.82) is 0 Å². The standard InChI is InChI=1S/C14H15N.ClH/c1-11(15)12-7-9-14(10-8-12)13-5-3-2-4-6-13;/h2-11H,15H2,1H3;1H/p-1. The van der Waals surface area contributed by atoms with E-state index in [9.17, 15) is 0 Å². The average molecular weight is 233 g/mol. The van der Waals surface area contributed by atoms with Gasteiger partial charge >= 0.3 is 0 Å². The van der Waals surface area contributed by atoms with E-state index in [1.165, 1.54) is 16.7 Å². The maximum Gasteiger partial charge on any atom is 0.0266 e. The first-order valence-electron chi connectivity index (χ1n) is 5.18. The second-order valence-corrected chi connectivity index (χ2v) is 3.78. The van der Waals surface area contributed by atoms with Crippen molar-refractivity contribution in [2.75, 3.05) is 0 Å². The molecule has 2 N–H and O–H groups in total. The third-order valence-electron chi connectivity index (χ3n) is 2.54. The minimum absolute atomic E-state index is 0. The molecule has 1 atom stereocenters. The maximum atomic E-state index is 5.80. The van der Waals surface area contributed by atoms with Crippen LogP contribution in [0.3, 0.4) is 0 Å². The molecule has 2 heteroatoms. The Hall–Kier alpha value is -1.31. The van der Waals surface area contributed by atoms with Gasteiger partial charge in [0.15, 0.2) is 0 Å². The summed E-state index contributed by atoms with van der Waals surface area (Å²) in [6.45, 7) is 2.00. The van der Waals surface area contributed by atoms with Crippen LogP contribution in [0.2, 0.25) is 0 Å². The van der Waals surface area contributed by atoms with E-state index in [4.69, 9.17) is 5.73 Å². The molecule has 0 aliphatic carbocycles. The summed E-state index contributed by atoms with van der Waals surface area (Å²) in [5.41, 5.74) is 9.46. The molecule has 16 heavy (non-hydrogen) atoms. The fraction of sp³-hybridized carbons (Fsp3) is 0.143. The molecule has 0 amide bonds. The lowest BCUT2D eigenvalue weighted by Crippen LogP contribution is -3.00. The number of hydrogen-bond donors (Lipinski definition) is 1. The van der Waals surface area contributed by atoms with Crippen LogP contribution in [-0.4, -0.2) is 0 Å². The van der Waals surface area contributed by atoms with Gasteiger partial charge < -0.3 is 18.1 Å². The highest BCUT2D eigenvalue weighted by Crippen LogP contribution is 2.20. The van der Waals surface area contributed by atoms with Gasteiger partial charge in [0.1, 0.15) is 0 Å². The molecule has 0 saturated heterocycles. The van der Waals surface area contributed by atoms with E-state index < -0.39 is 0 Å². The van der Waals surface area contributed by atoms with Crippen LogP contribution in [0.5, 0.6) is 0 Å². The molecule has 0 heterocycles. The third-order valence-corrected chi connectivity index (χ3v) is 2.54. The van der Waals surface area contributed by atoms with Crippen LogP contribution >= 0.6 is 0 Å². The Balaban J connectivity index is 0.00000128. The van der Waals surface area contributed by atoms with Gasteiger partial charge in [0.05, 0.1) is 0 Å². The third kappa shape index (κ3) is 2.84. The molecule has 0 aromatic heterocycles. The first kappa shape index (κ1) is 12.8. The van der Waals surface area contributed by atoms with Gasteiger partial charge in [-0.25, -0.2) is 0 Å². The summed E-state index contributed by atoms with van der Waals surface area (Å²) in [4.78, 5) is 0. The van der Waals surface area contributed by atoms with Gasteiger partial charge in [-0.05, 0) is 23.6 Å². The molecule has 1 unspecified atom stereocenters. The van der Waals surface area contributed by atoms with Crippen molar-refractivity contribution < 1.29 is 12.4 Å². The molecule has 0 spiro atoms. The molecule has 0 saturated carbocycles. The zero-order valence-corrected chi connectivity index (χ0v) is 9.98. The zero-order chi connectivity index (χ0) is 10.7. The number of rotatable bonds is 2. The fourth-order valence-electron chi connectivity index (χ4n) is 1.61. The van der Waals surface area contributed by atoms with Crippen molar-refractivity contribution in [2.24, 2.45) is 5.73 Å². The van der Waals surface area contributed by atoms with Crippen molar-refractivity contribution >= 4 is 0 Å². The van der Waals surface area contributed by atoms with Gasteiger partial charge in [0, 0.05) is 6.04 Å². The van der Waals surface area contributed by atoms with Crippen LogP contribution in [0.25, 0.3) is 11.1 Å². The molecule has 2 aromatic carbocycles. The average Bonchev–Trinajstić information content (AvgIpc) is 2.30. The lowest BCUT2D eigenvalue weighted by Gasteiger charge is -2.06. The van der Waals surface area contributed by atoms with E-state index in [-0.39, 0.29) is 18.4 Å². The maximum absolute atomic E-state index is 5.80. The quantitative estimate of drug-likeness (QED) is 0.796. The van der Waals surface area contributed by atoms with Crippen molar-refractivity contribution in [1.82, 2.24) is 0 Å². The van der Waals surface area contributed by atoms with E-state index in [0.29, 0.717) is 0 Å². The highest BCUT2D eigenvalue weighted by Gasteiger charge is 1.99. The predicted octanol–water partition coefficient (Wildman–Crippen LogP) is 0.377. The minimum atomic E-state index is 0. The summed E-state index contributed by atoms with van der Waals surface area (Å²) in [6, 6.07) is 18.9. The monoisotopic (exact) mass is 232 g/mol. The fourth-order valence-corrected chi connectivity index (χ4v) is 1.61. The first-order valence-corrected chi connectivity index (χ1v) is 5.18. The molecule has 0 radical (unpaired) electrons. The molecular formula is C14H15ClN-. The van der Waals surface area contributed by atoms with Crippen LogP contribution in [0.15, 0.2) is 54.6 Å². The minimum Gasteiger partial charge on any atom is -1.00 e. The number of benzene rings is 2. The zero-order valence-electron chi connectivity index (χ0n) is 9.23. The molecular weight excluding hydrogens is 218 g/mol. The van der Waals surface area contributed by atoms with Crippen LogP contribution < -0.4 is 18.1 Å². The van der Waals surface area contributed by atoms with Crippen molar-refractivity contribution in [2.45, 2.75) is 13.0 Å². The largest absolute Gasteiger partial charge is 1.00 e. The summed E-state index contributed by atoms with van der Waals surface area (Å²) in [6.07, 6.45) is 0. The van der Waals surface area contributed by atoms with Gasteiger partial charge in [-0.3, -0.25) is 0 Å². The highest BCUT2D eigenvalue weighted by atomic mass is 35.5. The first-order chi connectivity index (χ1) is 7.27. The van der Waals surface area contributed by atoms with E-state index in [1.54, 1.807) is 0 Å². The summed E-state index contributed by atoms with van der Waals surface area (Å²) < 4.78 is 0. The van der Waals surface area contributed by atoms with Gasteiger partial charge in [0.25, 0.3) is 0 Å². The lowest BCUT2D eigenvalue weighted by molar-refractivity contribution is -0.00000315. The van der Waals surface area contributed by atoms with Crippen LogP contribution in [-0.2, 0) is 0 Å². The summed E-state index contributed by atoms with van der Waals surface area (Å²) in [5.74, 6) is 0. The van der Waals surface area contributed by atoms with Crippen LogP contribution in [0.4, 0.5) is 0 Å². The molecule has 1 nitrogen and oxygen atoms in total. The molecule has 0 aliphatic heterocycles. The Morgan fingerprint density at radius 1 is 0.812 bits per heavy atom. The second-order valence-electron chi connectivity index (χ2n) is 3.78. The highest BCUT2D eigenvalue weighted by molar-refractivity contribution is 5.63. The molecule has 0 aliphatic rings. The van der Waals surface area contributed by atoms with Gasteiger partial charge in [-0.2, -0.15) is 0 Å². The van der Waals surface area contributed by atoms with E-state index in [1.807, 2.05) is 13.0 Å². The molecule has 2 rings (SSSR count). The normalized spacial score (nSPS) is 11.6. The van der Waals surface area contributed by atoms with Gasteiger partial charge in [-0.1, -0.05) is 54.6 Å². The summed E-state index contributed by atoms with van der Waals surface area (Å²) >= 11 is 0. The SMILES string of the molecule is CC(N)c1ccc(-c2ccccc2)cc1.[Cl-]. The van der Waals surface area contributed by atoms with E-state index in [0.717, 1.165) is 0 Å². The summed E-state index contributed by atoms with van der Waals surface area (Å²) in [7, 11) is 0. The molecule has 0 bridgehead atoms. The number of hydrogen-bond acceptors (Lipinski definition) is 1. The van der Waals surface area contributed by atoms with Crippen molar-refractivity contribution in [3.8, 4) is 11.1 Å². The van der Waals surface area contributed by atoms with E-state index in [2.05, 4.69) is 48.5 Å². The predicted molar refractivity (Wildman–Crippen MR) is 64.5 cm³/mol. The Labute approximate surface area is 103 Å². The Bertz CT molecular complexity index is 420. The number of nitrogens with two attached hydrogens (primary N) is 1. The summed E-state index contributed by atoms with van der Waals surface area (Å²) in [5, 5.41) is 0. The smallest absolute Gasteiger partial charge is 0.0266 e. The van der Waals surface area contributed by atoms with Gasteiger partial charge in [0.2, 0.25) is 0 Å². The van der Waals surface area contributed by atoms with Gasteiger partial charge in [-0.15, -0.1) is 0 Å². The lowest BCUT2D eigenvalue weighted by atomic mass is 10.0. The van der Waals surface area contributed by atoms with E-state index >= 15 is 0 Å². The Kier molecular flexibility index (Phi) is 4.53. The Morgan fingerprint density at radius 2 is 1.31 bits per heavy atom. The van der Waals surface area contributed by atoms with Crippen molar-refractivity contribution in [3.63, 3.8) is 0 Å². The molecule has 2 aromatic rings. The number of halogens is 1. The van der Waals surface area contributed by atoms with Crippen LogP contribution in [0.1, 0.15) is 18.5 Å². The molecule has 84 valence electrons. The molecule has 0 fully saturated rings. The Morgan fingerprint density at radius 3 is 1.81 bits per heavy atom. The van der Waals surface area contributed by atoms with Crippen molar-refractivity contribution in [3.05, 3.63) is 60.2 Å². The topological polar surface area (TPSA) is 26.0 Å². The second kappa shape index (κ2) is 5.69.